The second kappa shape index (κ2) is 12.4. The van der Waals surface area contributed by atoms with Gasteiger partial charge in [0.25, 0.3) is 0 Å². The van der Waals surface area contributed by atoms with Crippen molar-refractivity contribution in [2.24, 2.45) is 4.99 Å². The van der Waals surface area contributed by atoms with Gasteiger partial charge in [0.2, 0.25) is 0 Å². The van der Waals surface area contributed by atoms with E-state index in [2.05, 4.69) is 76.2 Å². The molecule has 2 aromatic rings. The summed E-state index contributed by atoms with van der Waals surface area (Å²) in [6.07, 6.45) is 5.03. The molecule has 0 radical (unpaired) electrons. The Hall–Kier alpha value is -2.02. The number of guanidine groups is 1. The molecule has 27 heavy (non-hydrogen) atoms. The van der Waals surface area contributed by atoms with E-state index in [0.29, 0.717) is 0 Å². The fourth-order valence-corrected chi connectivity index (χ4v) is 3.45. The van der Waals surface area contributed by atoms with E-state index >= 15 is 0 Å². The van der Waals surface area contributed by atoms with Crippen LogP contribution in [0.4, 0.5) is 0 Å². The summed E-state index contributed by atoms with van der Waals surface area (Å²) in [4.78, 5) is 8.35. The SMILES string of the molecule is CCCCN(C)C(=NCCn1cnnc1CC)NCCSc1ccccc1. The predicted octanol–water partition coefficient (Wildman–Crippen LogP) is 3.31. The second-order valence-corrected chi connectivity index (χ2v) is 7.53. The molecule has 1 heterocycles. The summed E-state index contributed by atoms with van der Waals surface area (Å²) in [6.45, 7) is 7.74. The molecule has 1 aromatic carbocycles. The lowest BCUT2D eigenvalue weighted by molar-refractivity contribution is 0.464. The average molecular weight is 389 g/mol. The molecule has 0 atom stereocenters. The van der Waals surface area contributed by atoms with Gasteiger partial charge in [-0.05, 0) is 18.6 Å². The first kappa shape index (κ1) is 21.3. The van der Waals surface area contributed by atoms with Gasteiger partial charge in [-0.25, -0.2) is 0 Å². The summed E-state index contributed by atoms with van der Waals surface area (Å²) < 4.78 is 2.08. The Morgan fingerprint density at radius 2 is 2.07 bits per heavy atom. The Balaban J connectivity index is 1.85. The Morgan fingerprint density at radius 1 is 1.26 bits per heavy atom. The zero-order valence-corrected chi connectivity index (χ0v) is 17.6. The van der Waals surface area contributed by atoms with E-state index in [1.54, 1.807) is 6.33 Å². The summed E-state index contributed by atoms with van der Waals surface area (Å²) in [7, 11) is 2.11. The molecule has 0 bridgehead atoms. The first-order valence-corrected chi connectivity index (χ1v) is 10.8. The molecule has 7 heteroatoms. The lowest BCUT2D eigenvalue weighted by atomic mass is 10.3. The lowest BCUT2D eigenvalue weighted by Gasteiger charge is -2.22. The van der Waals surface area contributed by atoms with Gasteiger partial charge in [0.1, 0.15) is 12.2 Å². The van der Waals surface area contributed by atoms with Crippen LogP contribution in [-0.2, 0) is 13.0 Å². The maximum Gasteiger partial charge on any atom is 0.193 e. The van der Waals surface area contributed by atoms with Crippen LogP contribution >= 0.6 is 11.8 Å². The number of thioether (sulfide) groups is 1. The van der Waals surface area contributed by atoms with E-state index in [9.17, 15) is 0 Å². The molecule has 0 aliphatic rings. The minimum atomic E-state index is 0.718. The summed E-state index contributed by atoms with van der Waals surface area (Å²) >= 11 is 1.86. The van der Waals surface area contributed by atoms with Crippen molar-refractivity contribution in [1.82, 2.24) is 25.0 Å². The van der Waals surface area contributed by atoms with Crippen LogP contribution in [0, 0.1) is 0 Å². The summed E-state index contributed by atoms with van der Waals surface area (Å²) in [5.74, 6) is 3.00. The predicted molar refractivity (Wildman–Crippen MR) is 114 cm³/mol. The molecule has 2 rings (SSSR count). The third-order valence-electron chi connectivity index (χ3n) is 4.22. The molecule has 1 aromatic heterocycles. The molecular formula is C20H32N6S. The van der Waals surface area contributed by atoms with Gasteiger partial charge in [-0.15, -0.1) is 22.0 Å². The zero-order valence-electron chi connectivity index (χ0n) is 16.8. The average Bonchev–Trinajstić information content (AvgIpc) is 3.16. The molecule has 148 valence electrons. The van der Waals surface area contributed by atoms with Crippen LogP contribution in [0.2, 0.25) is 0 Å². The number of nitrogens with one attached hydrogen (secondary N) is 1. The molecule has 0 aliphatic heterocycles. The molecule has 0 fully saturated rings. The maximum absolute atomic E-state index is 4.82. The maximum atomic E-state index is 4.82. The smallest absolute Gasteiger partial charge is 0.193 e. The molecule has 0 saturated heterocycles. The van der Waals surface area contributed by atoms with Gasteiger partial charge in [-0.1, -0.05) is 38.5 Å². The molecular weight excluding hydrogens is 356 g/mol. The van der Waals surface area contributed by atoms with Crippen molar-refractivity contribution in [3.8, 4) is 0 Å². The number of rotatable bonds is 11. The van der Waals surface area contributed by atoms with Gasteiger partial charge in [0, 0.05) is 43.8 Å². The normalized spacial score (nSPS) is 11.6. The van der Waals surface area contributed by atoms with Crippen molar-refractivity contribution in [1.29, 1.82) is 0 Å². The molecule has 0 amide bonds. The number of nitrogens with zero attached hydrogens (tertiary/aromatic N) is 5. The number of unbranched alkanes of at least 4 members (excludes halogenated alkanes) is 1. The van der Waals surface area contributed by atoms with Crippen molar-refractivity contribution < 1.29 is 0 Å². The highest BCUT2D eigenvalue weighted by molar-refractivity contribution is 7.99. The highest BCUT2D eigenvalue weighted by Crippen LogP contribution is 2.15. The third kappa shape index (κ3) is 7.62. The summed E-state index contributed by atoms with van der Waals surface area (Å²) in [5.41, 5.74) is 0. The van der Waals surface area contributed by atoms with Gasteiger partial charge in [0.15, 0.2) is 5.96 Å². The van der Waals surface area contributed by atoms with Crippen LogP contribution in [-0.4, -0.2) is 58.1 Å². The number of benzene rings is 1. The number of aryl methyl sites for hydroxylation is 1. The van der Waals surface area contributed by atoms with Gasteiger partial charge in [-0.3, -0.25) is 4.99 Å². The van der Waals surface area contributed by atoms with Crippen LogP contribution in [0.5, 0.6) is 0 Å². The van der Waals surface area contributed by atoms with E-state index in [-0.39, 0.29) is 0 Å². The molecule has 1 N–H and O–H groups in total. The van der Waals surface area contributed by atoms with Gasteiger partial charge < -0.3 is 14.8 Å². The largest absolute Gasteiger partial charge is 0.355 e. The number of aliphatic imine (C=N–C) groups is 1. The van der Waals surface area contributed by atoms with Crippen molar-refractivity contribution in [3.63, 3.8) is 0 Å². The van der Waals surface area contributed by atoms with Crippen LogP contribution in [0.1, 0.15) is 32.5 Å². The lowest BCUT2D eigenvalue weighted by Crippen LogP contribution is -2.40. The number of aromatic nitrogens is 3. The highest BCUT2D eigenvalue weighted by atomic mass is 32.2. The Morgan fingerprint density at radius 3 is 2.81 bits per heavy atom. The van der Waals surface area contributed by atoms with E-state index in [1.807, 2.05) is 11.8 Å². The van der Waals surface area contributed by atoms with Crippen molar-refractivity contribution in [3.05, 3.63) is 42.5 Å². The van der Waals surface area contributed by atoms with E-state index in [1.165, 1.54) is 17.7 Å². The molecule has 6 nitrogen and oxygen atoms in total. The molecule has 0 aliphatic carbocycles. The first-order chi connectivity index (χ1) is 13.2. The van der Waals surface area contributed by atoms with E-state index in [4.69, 9.17) is 4.99 Å². The molecule has 0 unspecified atom stereocenters. The molecule has 0 spiro atoms. The standard InChI is InChI=1S/C20H32N6S/c1-4-6-14-25(3)20(21-12-15-26-17-23-24-19(26)5-2)22-13-16-27-18-10-8-7-9-11-18/h7-11,17H,4-6,12-16H2,1-3H3,(H,21,22). The number of hydrogen-bond donors (Lipinski definition) is 1. The first-order valence-electron chi connectivity index (χ1n) is 9.78. The van der Waals surface area contributed by atoms with Crippen molar-refractivity contribution in [2.75, 3.05) is 32.4 Å². The topological polar surface area (TPSA) is 58.3 Å². The van der Waals surface area contributed by atoms with Crippen LogP contribution in [0.15, 0.2) is 46.5 Å². The minimum absolute atomic E-state index is 0.718. The third-order valence-corrected chi connectivity index (χ3v) is 5.23. The van der Waals surface area contributed by atoms with Crippen LogP contribution < -0.4 is 5.32 Å². The second-order valence-electron chi connectivity index (χ2n) is 6.36. The molecule has 0 saturated carbocycles. The van der Waals surface area contributed by atoms with Crippen LogP contribution in [0.25, 0.3) is 0 Å². The summed E-state index contributed by atoms with van der Waals surface area (Å²) in [6, 6.07) is 10.5. The van der Waals surface area contributed by atoms with Crippen molar-refractivity contribution >= 4 is 17.7 Å². The van der Waals surface area contributed by atoms with Gasteiger partial charge in [0.05, 0.1) is 6.54 Å². The number of hydrogen-bond acceptors (Lipinski definition) is 4. The summed E-state index contributed by atoms with van der Waals surface area (Å²) in [5, 5.41) is 11.6. The van der Waals surface area contributed by atoms with Gasteiger partial charge >= 0.3 is 0 Å². The minimum Gasteiger partial charge on any atom is -0.355 e. The quantitative estimate of drug-likeness (QED) is 0.277. The highest BCUT2D eigenvalue weighted by Gasteiger charge is 2.06. The monoisotopic (exact) mass is 388 g/mol. The van der Waals surface area contributed by atoms with Gasteiger partial charge in [-0.2, -0.15) is 0 Å². The van der Waals surface area contributed by atoms with E-state index < -0.39 is 0 Å². The Bertz CT molecular complexity index is 670. The van der Waals surface area contributed by atoms with Crippen LogP contribution in [0.3, 0.4) is 0 Å². The Labute approximate surface area is 167 Å². The van der Waals surface area contributed by atoms with Crippen molar-refractivity contribution in [2.45, 2.75) is 44.6 Å². The fourth-order valence-electron chi connectivity index (χ4n) is 2.66. The zero-order chi connectivity index (χ0) is 19.3. The Kier molecular flexibility index (Phi) is 9.76. The van der Waals surface area contributed by atoms with E-state index in [0.717, 1.165) is 50.1 Å². The fraction of sp³-hybridized carbons (Fsp3) is 0.550.